The molecule has 4 rings (SSSR count). The molecule has 208 valence electrons. The Hall–Kier alpha value is -3.72. The van der Waals surface area contributed by atoms with Gasteiger partial charge in [0.1, 0.15) is 12.1 Å². The normalized spacial score (nSPS) is 19.2. The lowest BCUT2D eigenvalue weighted by Gasteiger charge is -2.41. The van der Waals surface area contributed by atoms with E-state index in [9.17, 15) is 19.2 Å². The summed E-state index contributed by atoms with van der Waals surface area (Å²) in [5.41, 5.74) is 4.20. The van der Waals surface area contributed by atoms with Gasteiger partial charge in [-0.15, -0.1) is 0 Å². The smallest absolute Gasteiger partial charge is 0.246 e. The number of nitrogens with zero attached hydrogens (tertiary/aromatic N) is 1. The largest absolute Gasteiger partial charge is 0.347 e. The molecular formula is C30H39N5O4. The van der Waals surface area contributed by atoms with Crippen molar-refractivity contribution in [3.05, 3.63) is 64.7 Å². The average Bonchev–Trinajstić information content (AvgIpc) is 2.90. The maximum Gasteiger partial charge on any atom is 0.246 e. The van der Waals surface area contributed by atoms with E-state index in [0.29, 0.717) is 18.5 Å². The van der Waals surface area contributed by atoms with Crippen LogP contribution in [-0.2, 0) is 38.6 Å². The van der Waals surface area contributed by atoms with Gasteiger partial charge in [-0.05, 0) is 66.1 Å². The third-order valence-electron chi connectivity index (χ3n) is 7.59. The standard InChI is InChI=1S/C30H39N5O4/c1-30(2,3)27(34-26(37)16-31-4)29(39)35-17-21-14-22(32-18-36)13-12-20(21)15-25(35)28(38)33-24-11-7-9-19-8-5-6-10-23(19)24/h5-6,8,10,12-14,18,24-25,27,31H,7,9,11,15-17H2,1-4H3,(H,32,36)(H,33,38)(H,34,37)/t24-,25?,27?/m1/s1. The van der Waals surface area contributed by atoms with E-state index in [0.717, 1.165) is 36.0 Å². The summed E-state index contributed by atoms with van der Waals surface area (Å²) in [5, 5.41) is 11.6. The van der Waals surface area contributed by atoms with Crippen molar-refractivity contribution >= 4 is 29.8 Å². The predicted molar refractivity (Wildman–Crippen MR) is 150 cm³/mol. The van der Waals surface area contributed by atoms with E-state index in [1.807, 2.05) is 45.0 Å². The molecule has 4 N–H and O–H groups in total. The van der Waals surface area contributed by atoms with Crippen LogP contribution < -0.4 is 21.3 Å². The minimum Gasteiger partial charge on any atom is -0.347 e. The summed E-state index contributed by atoms with van der Waals surface area (Å²) in [5.74, 6) is -0.809. The fourth-order valence-corrected chi connectivity index (χ4v) is 5.57. The van der Waals surface area contributed by atoms with E-state index < -0.39 is 17.5 Å². The highest BCUT2D eigenvalue weighted by Gasteiger charge is 2.42. The number of fused-ring (bicyclic) bond motifs is 2. The van der Waals surface area contributed by atoms with Crippen molar-refractivity contribution in [3.8, 4) is 0 Å². The third-order valence-corrected chi connectivity index (χ3v) is 7.59. The van der Waals surface area contributed by atoms with Crippen LogP contribution in [0.1, 0.15) is 61.9 Å². The van der Waals surface area contributed by atoms with E-state index in [4.69, 9.17) is 0 Å². The van der Waals surface area contributed by atoms with Gasteiger partial charge in [0.25, 0.3) is 0 Å². The van der Waals surface area contributed by atoms with E-state index in [1.54, 1.807) is 18.0 Å². The molecule has 9 nitrogen and oxygen atoms in total. The molecular weight excluding hydrogens is 494 g/mol. The number of benzene rings is 2. The highest BCUT2D eigenvalue weighted by atomic mass is 16.2. The van der Waals surface area contributed by atoms with Crippen molar-refractivity contribution < 1.29 is 19.2 Å². The number of aryl methyl sites for hydroxylation is 1. The van der Waals surface area contributed by atoms with Crippen LogP contribution in [0.25, 0.3) is 0 Å². The SMILES string of the molecule is CNCC(=O)NC(C(=O)N1Cc2cc(NC=O)ccc2CC1C(=O)N[C@@H]1CCCc2ccccc21)C(C)(C)C. The van der Waals surface area contributed by atoms with Crippen LogP contribution in [0.4, 0.5) is 5.69 Å². The second-order valence-electron chi connectivity index (χ2n) is 11.5. The van der Waals surface area contributed by atoms with Crippen LogP contribution in [0.5, 0.6) is 0 Å². The minimum absolute atomic E-state index is 0.0778. The Bertz CT molecular complexity index is 1240. The molecule has 0 saturated heterocycles. The quantitative estimate of drug-likeness (QED) is 0.389. The maximum atomic E-state index is 14.1. The van der Waals surface area contributed by atoms with Gasteiger partial charge in [0.15, 0.2) is 0 Å². The summed E-state index contributed by atoms with van der Waals surface area (Å²) in [4.78, 5) is 53.2. The molecule has 2 aromatic rings. The van der Waals surface area contributed by atoms with E-state index in [2.05, 4.69) is 33.4 Å². The summed E-state index contributed by atoms with van der Waals surface area (Å²) in [6, 6.07) is 12.0. The van der Waals surface area contributed by atoms with Gasteiger partial charge < -0.3 is 26.2 Å². The zero-order valence-corrected chi connectivity index (χ0v) is 23.2. The van der Waals surface area contributed by atoms with Gasteiger partial charge in [-0.2, -0.15) is 0 Å². The monoisotopic (exact) mass is 533 g/mol. The molecule has 0 fully saturated rings. The van der Waals surface area contributed by atoms with Gasteiger partial charge >= 0.3 is 0 Å². The van der Waals surface area contributed by atoms with Crippen LogP contribution >= 0.6 is 0 Å². The highest BCUT2D eigenvalue weighted by molar-refractivity contribution is 5.93. The molecule has 3 atom stereocenters. The highest BCUT2D eigenvalue weighted by Crippen LogP contribution is 2.32. The number of carbonyl (C=O) groups is 4. The number of carbonyl (C=O) groups excluding carboxylic acids is 4. The number of anilines is 1. The fraction of sp³-hybridized carbons (Fsp3) is 0.467. The molecule has 39 heavy (non-hydrogen) atoms. The van der Waals surface area contributed by atoms with Crippen molar-refractivity contribution in [1.82, 2.24) is 20.9 Å². The summed E-state index contributed by atoms with van der Waals surface area (Å²) in [6.45, 7) is 5.96. The Balaban J connectivity index is 1.66. The Labute approximate surface area is 230 Å². The van der Waals surface area contributed by atoms with Gasteiger partial charge in [0, 0.05) is 18.7 Å². The molecule has 0 aromatic heterocycles. The Kier molecular flexibility index (Phi) is 8.70. The van der Waals surface area contributed by atoms with Crippen molar-refractivity contribution in [2.75, 3.05) is 18.9 Å². The van der Waals surface area contributed by atoms with Gasteiger partial charge in [-0.25, -0.2) is 0 Å². The predicted octanol–water partition coefficient (Wildman–Crippen LogP) is 2.45. The lowest BCUT2D eigenvalue weighted by atomic mass is 9.83. The topological polar surface area (TPSA) is 120 Å². The molecule has 2 unspecified atom stereocenters. The van der Waals surface area contributed by atoms with E-state index in [-0.39, 0.29) is 36.9 Å². The lowest BCUT2D eigenvalue weighted by molar-refractivity contribution is -0.147. The summed E-state index contributed by atoms with van der Waals surface area (Å²) < 4.78 is 0. The summed E-state index contributed by atoms with van der Waals surface area (Å²) in [6.07, 6.45) is 3.75. The number of hydrogen-bond acceptors (Lipinski definition) is 5. The first kappa shape index (κ1) is 28.3. The van der Waals surface area contributed by atoms with E-state index >= 15 is 0 Å². The molecule has 0 saturated carbocycles. The third kappa shape index (κ3) is 6.47. The molecule has 0 radical (unpaired) electrons. The van der Waals surface area contributed by atoms with Crippen LogP contribution in [0, 0.1) is 5.41 Å². The zero-order valence-electron chi connectivity index (χ0n) is 23.2. The average molecular weight is 534 g/mol. The molecule has 2 aromatic carbocycles. The van der Waals surface area contributed by atoms with Crippen LogP contribution in [0.2, 0.25) is 0 Å². The summed E-state index contributed by atoms with van der Waals surface area (Å²) >= 11 is 0. The first-order valence-electron chi connectivity index (χ1n) is 13.6. The van der Waals surface area contributed by atoms with Crippen LogP contribution in [0.3, 0.4) is 0 Å². The van der Waals surface area contributed by atoms with Crippen LogP contribution in [0.15, 0.2) is 42.5 Å². The van der Waals surface area contributed by atoms with Gasteiger partial charge in [-0.1, -0.05) is 51.1 Å². The second-order valence-corrected chi connectivity index (χ2v) is 11.5. The van der Waals surface area contributed by atoms with Crippen LogP contribution in [-0.4, -0.2) is 54.7 Å². The number of nitrogens with one attached hydrogen (secondary N) is 4. The first-order valence-corrected chi connectivity index (χ1v) is 13.6. The van der Waals surface area contributed by atoms with Gasteiger partial charge in [0.05, 0.1) is 12.6 Å². The maximum absolute atomic E-state index is 14.1. The molecule has 9 heteroatoms. The molecule has 0 bridgehead atoms. The van der Waals surface area contributed by atoms with Gasteiger partial charge in [0.2, 0.25) is 24.1 Å². The number of amides is 4. The molecule has 1 aliphatic heterocycles. The molecule has 4 amide bonds. The van der Waals surface area contributed by atoms with Crippen molar-refractivity contribution in [2.24, 2.45) is 5.41 Å². The van der Waals surface area contributed by atoms with E-state index in [1.165, 1.54) is 5.56 Å². The molecule has 1 heterocycles. The zero-order chi connectivity index (χ0) is 28.2. The summed E-state index contributed by atoms with van der Waals surface area (Å²) in [7, 11) is 1.67. The van der Waals surface area contributed by atoms with Crippen molar-refractivity contribution in [2.45, 2.75) is 71.1 Å². The first-order chi connectivity index (χ1) is 18.6. The number of likely N-dealkylation sites (N-methyl/N-ethyl adjacent to an activating group) is 1. The molecule has 1 aliphatic carbocycles. The fourth-order valence-electron chi connectivity index (χ4n) is 5.57. The van der Waals surface area contributed by atoms with Gasteiger partial charge in [-0.3, -0.25) is 19.2 Å². The molecule has 0 spiro atoms. The number of hydrogen-bond donors (Lipinski definition) is 4. The lowest BCUT2D eigenvalue weighted by Crippen LogP contribution is -2.61. The van der Waals surface area contributed by atoms with Crippen molar-refractivity contribution in [1.29, 1.82) is 0 Å². The second kappa shape index (κ2) is 12.0. The minimum atomic E-state index is -0.832. The Morgan fingerprint density at radius 3 is 2.56 bits per heavy atom. The Morgan fingerprint density at radius 1 is 1.08 bits per heavy atom. The molecule has 2 aliphatic rings. The number of rotatable bonds is 8. The van der Waals surface area contributed by atoms with Crippen molar-refractivity contribution in [3.63, 3.8) is 0 Å². The Morgan fingerprint density at radius 2 is 1.85 bits per heavy atom.